The highest BCUT2D eigenvalue weighted by Crippen LogP contribution is 2.26. The van der Waals surface area contributed by atoms with Gasteiger partial charge in [-0.05, 0) is 44.4 Å². The molecule has 130 valence electrons. The van der Waals surface area contributed by atoms with E-state index < -0.39 is 11.6 Å². The van der Waals surface area contributed by atoms with E-state index in [9.17, 15) is 18.4 Å². The lowest BCUT2D eigenvalue weighted by Gasteiger charge is -2.38. The molecule has 3 rings (SSSR count). The van der Waals surface area contributed by atoms with Crippen molar-refractivity contribution in [1.29, 1.82) is 0 Å². The van der Waals surface area contributed by atoms with Gasteiger partial charge in [0.1, 0.15) is 11.6 Å². The number of hydrogen-bond donors (Lipinski definition) is 1. The fraction of sp³-hybridized carbons (Fsp3) is 0.529. The third kappa shape index (κ3) is 3.40. The van der Waals surface area contributed by atoms with Crippen LogP contribution in [0.1, 0.15) is 36.0 Å². The summed E-state index contributed by atoms with van der Waals surface area (Å²) in [5.41, 5.74) is 5.49. The normalized spacial score (nSPS) is 22.8. The molecule has 0 saturated carbocycles. The number of benzene rings is 1. The second-order valence-corrected chi connectivity index (χ2v) is 6.48. The van der Waals surface area contributed by atoms with Crippen molar-refractivity contribution in [1.82, 2.24) is 9.80 Å². The van der Waals surface area contributed by atoms with Gasteiger partial charge in [-0.3, -0.25) is 14.5 Å². The monoisotopic (exact) mass is 337 g/mol. The van der Waals surface area contributed by atoms with E-state index in [1.165, 1.54) is 0 Å². The lowest BCUT2D eigenvalue weighted by molar-refractivity contribution is -0.123. The van der Waals surface area contributed by atoms with Crippen LogP contribution in [0.2, 0.25) is 0 Å². The standard InChI is InChI=1S/C17H21F2N3O2/c18-12-8-11(9-13(19)10-12)17(24)21-6-3-14(4-7-21)22-5-1-2-15(22)16(20)23/h8-10,14-15H,1-7H2,(H2,20,23)/t15-/m1/s1. The molecule has 2 fully saturated rings. The lowest BCUT2D eigenvalue weighted by Crippen LogP contribution is -2.51. The quantitative estimate of drug-likeness (QED) is 0.909. The zero-order valence-corrected chi connectivity index (χ0v) is 13.4. The maximum Gasteiger partial charge on any atom is 0.254 e. The summed E-state index contributed by atoms with van der Waals surface area (Å²) in [6.45, 7) is 1.86. The van der Waals surface area contributed by atoms with Crippen molar-refractivity contribution >= 4 is 11.8 Å². The van der Waals surface area contributed by atoms with Crippen LogP contribution < -0.4 is 5.73 Å². The number of primary amides is 1. The Labute approximate surface area is 139 Å². The summed E-state index contributed by atoms with van der Waals surface area (Å²) < 4.78 is 26.6. The Hall–Kier alpha value is -2.02. The third-order valence-electron chi connectivity index (χ3n) is 4.95. The third-order valence-corrected chi connectivity index (χ3v) is 4.95. The van der Waals surface area contributed by atoms with Crippen LogP contribution in [0.5, 0.6) is 0 Å². The van der Waals surface area contributed by atoms with Crippen LogP contribution in [-0.2, 0) is 4.79 Å². The molecule has 2 N–H and O–H groups in total. The average molecular weight is 337 g/mol. The summed E-state index contributed by atoms with van der Waals surface area (Å²) >= 11 is 0. The predicted molar refractivity (Wildman–Crippen MR) is 84.2 cm³/mol. The smallest absolute Gasteiger partial charge is 0.254 e. The SMILES string of the molecule is NC(=O)[C@H]1CCCN1C1CCN(C(=O)c2cc(F)cc(F)c2)CC1. The Morgan fingerprint density at radius 2 is 1.62 bits per heavy atom. The molecule has 2 heterocycles. The Morgan fingerprint density at radius 3 is 2.21 bits per heavy atom. The van der Waals surface area contributed by atoms with Gasteiger partial charge in [0, 0.05) is 30.8 Å². The van der Waals surface area contributed by atoms with Gasteiger partial charge in [-0.15, -0.1) is 0 Å². The first-order valence-corrected chi connectivity index (χ1v) is 8.26. The Kier molecular flexibility index (Phi) is 4.80. The van der Waals surface area contributed by atoms with E-state index in [4.69, 9.17) is 5.73 Å². The first kappa shape index (κ1) is 16.8. The Morgan fingerprint density at radius 1 is 1.00 bits per heavy atom. The molecule has 2 saturated heterocycles. The summed E-state index contributed by atoms with van der Waals surface area (Å²) in [6.07, 6.45) is 3.20. The molecular weight excluding hydrogens is 316 g/mol. The van der Waals surface area contributed by atoms with Gasteiger partial charge < -0.3 is 10.6 Å². The molecule has 0 radical (unpaired) electrons. The Balaban J connectivity index is 1.62. The average Bonchev–Trinajstić information content (AvgIpc) is 3.03. The number of amides is 2. The summed E-state index contributed by atoms with van der Waals surface area (Å²) in [7, 11) is 0. The number of nitrogens with two attached hydrogens (primary N) is 1. The van der Waals surface area contributed by atoms with E-state index in [2.05, 4.69) is 4.90 Å². The summed E-state index contributed by atoms with van der Waals surface area (Å²) in [5, 5.41) is 0. The zero-order chi connectivity index (χ0) is 17.3. The molecule has 1 atom stereocenters. The Bertz CT molecular complexity index is 624. The number of halogens is 2. The highest BCUT2D eigenvalue weighted by molar-refractivity contribution is 5.94. The number of rotatable bonds is 3. The molecule has 24 heavy (non-hydrogen) atoms. The minimum Gasteiger partial charge on any atom is -0.368 e. The van der Waals surface area contributed by atoms with Crippen molar-refractivity contribution < 1.29 is 18.4 Å². The first-order chi connectivity index (χ1) is 11.5. The van der Waals surface area contributed by atoms with Crippen LogP contribution in [0.25, 0.3) is 0 Å². The molecule has 2 aliphatic heterocycles. The highest BCUT2D eigenvalue weighted by Gasteiger charge is 2.36. The van der Waals surface area contributed by atoms with Crippen molar-refractivity contribution in [2.45, 2.75) is 37.8 Å². The van der Waals surface area contributed by atoms with Gasteiger partial charge in [-0.1, -0.05) is 0 Å². The van der Waals surface area contributed by atoms with Crippen LogP contribution in [0, 0.1) is 11.6 Å². The minimum atomic E-state index is -0.755. The fourth-order valence-corrected chi connectivity index (χ4v) is 3.79. The van der Waals surface area contributed by atoms with E-state index in [1.54, 1.807) is 4.90 Å². The molecule has 0 bridgehead atoms. The number of nitrogens with zero attached hydrogens (tertiary/aromatic N) is 2. The number of hydrogen-bond acceptors (Lipinski definition) is 3. The van der Waals surface area contributed by atoms with Crippen LogP contribution in [0.4, 0.5) is 8.78 Å². The van der Waals surface area contributed by atoms with Crippen LogP contribution in [0.3, 0.4) is 0 Å². The number of piperidine rings is 1. The number of likely N-dealkylation sites (tertiary alicyclic amines) is 2. The first-order valence-electron chi connectivity index (χ1n) is 8.26. The van der Waals surface area contributed by atoms with Gasteiger partial charge in [0.05, 0.1) is 6.04 Å². The molecule has 0 aliphatic carbocycles. The summed E-state index contributed by atoms with van der Waals surface area (Å²) in [6, 6.07) is 2.87. The van der Waals surface area contributed by atoms with E-state index in [-0.39, 0.29) is 29.5 Å². The van der Waals surface area contributed by atoms with Crippen molar-refractivity contribution in [3.05, 3.63) is 35.4 Å². The van der Waals surface area contributed by atoms with E-state index in [0.29, 0.717) is 13.1 Å². The zero-order valence-electron chi connectivity index (χ0n) is 13.4. The van der Waals surface area contributed by atoms with Gasteiger partial charge in [0.25, 0.3) is 5.91 Å². The van der Waals surface area contributed by atoms with E-state index in [1.807, 2.05) is 0 Å². The molecule has 5 nitrogen and oxygen atoms in total. The maximum absolute atomic E-state index is 13.3. The van der Waals surface area contributed by atoms with Gasteiger partial charge in [0.15, 0.2) is 0 Å². The van der Waals surface area contributed by atoms with E-state index >= 15 is 0 Å². The van der Waals surface area contributed by atoms with Crippen molar-refractivity contribution in [3.63, 3.8) is 0 Å². The van der Waals surface area contributed by atoms with Crippen molar-refractivity contribution in [3.8, 4) is 0 Å². The summed E-state index contributed by atoms with van der Waals surface area (Å²) in [5.74, 6) is -2.16. The van der Waals surface area contributed by atoms with Crippen LogP contribution in [-0.4, -0.2) is 53.3 Å². The second-order valence-electron chi connectivity index (χ2n) is 6.48. The molecule has 2 amide bonds. The van der Waals surface area contributed by atoms with Crippen molar-refractivity contribution in [2.75, 3.05) is 19.6 Å². The topological polar surface area (TPSA) is 66.6 Å². The van der Waals surface area contributed by atoms with Gasteiger partial charge in [-0.25, -0.2) is 8.78 Å². The molecular formula is C17H21F2N3O2. The predicted octanol–water partition coefficient (Wildman–Crippen LogP) is 1.52. The fourth-order valence-electron chi connectivity index (χ4n) is 3.79. The molecule has 2 aliphatic rings. The number of carbonyl (C=O) groups is 2. The van der Waals surface area contributed by atoms with Crippen LogP contribution in [0.15, 0.2) is 18.2 Å². The van der Waals surface area contributed by atoms with Gasteiger partial charge >= 0.3 is 0 Å². The second kappa shape index (κ2) is 6.84. The van der Waals surface area contributed by atoms with Gasteiger partial charge in [0.2, 0.25) is 5.91 Å². The lowest BCUT2D eigenvalue weighted by atomic mass is 10.0. The van der Waals surface area contributed by atoms with Crippen molar-refractivity contribution in [2.24, 2.45) is 5.73 Å². The maximum atomic E-state index is 13.3. The van der Waals surface area contributed by atoms with E-state index in [0.717, 1.165) is 50.4 Å². The molecule has 0 aromatic heterocycles. The highest BCUT2D eigenvalue weighted by atomic mass is 19.1. The summed E-state index contributed by atoms with van der Waals surface area (Å²) in [4.78, 5) is 27.7. The minimum absolute atomic E-state index is 0.0298. The largest absolute Gasteiger partial charge is 0.368 e. The molecule has 0 unspecified atom stereocenters. The molecule has 7 heteroatoms. The molecule has 1 aromatic carbocycles. The number of carbonyl (C=O) groups excluding carboxylic acids is 2. The van der Waals surface area contributed by atoms with Gasteiger partial charge in [-0.2, -0.15) is 0 Å². The van der Waals surface area contributed by atoms with Crippen LogP contribution >= 0.6 is 0 Å². The molecule has 1 aromatic rings. The molecule has 0 spiro atoms.